The molecule has 2 aromatic rings. The highest BCUT2D eigenvalue weighted by atomic mass is 32.1. The van der Waals surface area contributed by atoms with Gasteiger partial charge < -0.3 is 0 Å². The van der Waals surface area contributed by atoms with E-state index in [9.17, 15) is 18.0 Å². The molecule has 2 aromatic heterocycles. The first-order chi connectivity index (χ1) is 16.3. The number of aryl methyl sites for hydroxylation is 1. The number of hydrogen-bond acceptors (Lipinski definition) is 5. The number of Topliss-reactive ketones (excluding diaryl/α,β-unsaturated/α-hetero) is 1. The Kier molecular flexibility index (Phi) is 6.86. The number of hydrogen-bond donors (Lipinski definition) is 0. The monoisotopic (exact) mass is 494 g/mol. The van der Waals surface area contributed by atoms with E-state index in [1.807, 2.05) is 0 Å². The van der Waals surface area contributed by atoms with Gasteiger partial charge in [0.15, 0.2) is 0 Å². The Morgan fingerprint density at radius 2 is 1.94 bits per heavy atom. The number of ketones is 1. The van der Waals surface area contributed by atoms with Gasteiger partial charge >= 0.3 is 0 Å². The summed E-state index contributed by atoms with van der Waals surface area (Å²) in [6, 6.07) is 0. The first-order valence-electron chi connectivity index (χ1n) is 12.5. The van der Waals surface area contributed by atoms with Gasteiger partial charge in [-0.2, -0.15) is 9.49 Å². The zero-order valence-electron chi connectivity index (χ0n) is 19.7. The van der Waals surface area contributed by atoms with Crippen LogP contribution in [-0.4, -0.2) is 44.5 Å². The lowest BCUT2D eigenvalue weighted by atomic mass is 9.78. The third kappa shape index (κ3) is 5.40. The van der Waals surface area contributed by atoms with Gasteiger partial charge in [-0.3, -0.25) is 9.69 Å². The van der Waals surface area contributed by atoms with Crippen molar-refractivity contribution in [1.29, 1.82) is 0 Å². The summed E-state index contributed by atoms with van der Waals surface area (Å²) in [6.45, 7) is 2.90. The molecule has 5 nitrogen and oxygen atoms in total. The second-order valence-electron chi connectivity index (χ2n) is 10.6. The number of carbonyl (C=O) groups is 1. The van der Waals surface area contributed by atoms with Crippen LogP contribution in [0.15, 0.2) is 6.20 Å². The number of rotatable bonds is 8. The number of fused-ring (bicyclic) bond motifs is 1. The molecule has 2 aliphatic carbocycles. The fourth-order valence-corrected chi connectivity index (χ4v) is 6.92. The first kappa shape index (κ1) is 24.0. The van der Waals surface area contributed by atoms with Gasteiger partial charge in [-0.1, -0.05) is 12.8 Å². The molecule has 2 saturated carbocycles. The van der Waals surface area contributed by atoms with Gasteiger partial charge in [0.1, 0.15) is 5.78 Å². The van der Waals surface area contributed by atoms with E-state index in [0.29, 0.717) is 23.8 Å². The topological polar surface area (TPSA) is 51.0 Å². The van der Waals surface area contributed by atoms with E-state index in [1.165, 1.54) is 15.8 Å². The van der Waals surface area contributed by atoms with Crippen LogP contribution in [0, 0.1) is 17.8 Å². The molecule has 0 unspecified atom stereocenters. The SMILES string of the molecule is Cn1ncc(CC(=O)CC2CCC(CCN3CCc4sc(C5CC(F)(F)C5)nc4C3)CC2)c1F. The third-order valence-electron chi connectivity index (χ3n) is 7.92. The molecule has 5 rings (SSSR count). The first-order valence-corrected chi connectivity index (χ1v) is 13.3. The lowest BCUT2D eigenvalue weighted by Gasteiger charge is -2.33. The molecule has 0 radical (unpaired) electrons. The number of carbonyl (C=O) groups excluding carboxylic acids is 1. The highest BCUT2D eigenvalue weighted by Crippen LogP contribution is 2.49. The summed E-state index contributed by atoms with van der Waals surface area (Å²) in [4.78, 5) is 20.9. The fraction of sp³-hybridized carbons (Fsp3) is 0.720. The lowest BCUT2D eigenvalue weighted by molar-refractivity contribution is -0.119. The maximum absolute atomic E-state index is 13.9. The molecule has 0 N–H and O–H groups in total. The van der Waals surface area contributed by atoms with E-state index in [2.05, 4.69) is 10.00 Å². The molecular formula is C25H33F3N4OS. The molecule has 34 heavy (non-hydrogen) atoms. The number of alkyl halides is 2. The largest absolute Gasteiger partial charge is 0.299 e. The van der Waals surface area contributed by atoms with Crippen LogP contribution >= 0.6 is 11.3 Å². The third-order valence-corrected chi connectivity index (χ3v) is 9.24. The Hall–Kier alpha value is -1.74. The van der Waals surface area contributed by atoms with Crippen molar-refractivity contribution in [1.82, 2.24) is 19.7 Å². The smallest absolute Gasteiger partial charge is 0.249 e. The van der Waals surface area contributed by atoms with Crippen LogP contribution < -0.4 is 0 Å². The molecule has 3 heterocycles. The Balaban J connectivity index is 1.02. The Morgan fingerprint density at radius 3 is 2.62 bits per heavy atom. The summed E-state index contributed by atoms with van der Waals surface area (Å²) in [7, 11) is 1.54. The average Bonchev–Trinajstić information content (AvgIpc) is 3.35. The summed E-state index contributed by atoms with van der Waals surface area (Å²) < 4.78 is 41.5. The van der Waals surface area contributed by atoms with Crippen LogP contribution in [0.1, 0.15) is 78.4 Å². The van der Waals surface area contributed by atoms with Crippen molar-refractivity contribution in [3.8, 4) is 0 Å². The van der Waals surface area contributed by atoms with Crippen molar-refractivity contribution in [2.24, 2.45) is 18.9 Å². The molecule has 3 aliphatic rings. The molecule has 9 heteroatoms. The van der Waals surface area contributed by atoms with E-state index >= 15 is 0 Å². The van der Waals surface area contributed by atoms with E-state index in [0.717, 1.165) is 68.9 Å². The van der Waals surface area contributed by atoms with Crippen LogP contribution in [0.5, 0.6) is 0 Å². The molecule has 186 valence electrons. The quantitative estimate of drug-likeness (QED) is 0.501. The van der Waals surface area contributed by atoms with Crippen LogP contribution in [-0.2, 0) is 31.2 Å². The lowest BCUT2D eigenvalue weighted by Crippen LogP contribution is -2.33. The van der Waals surface area contributed by atoms with E-state index < -0.39 is 11.9 Å². The summed E-state index contributed by atoms with van der Waals surface area (Å²) in [5.74, 6) is -1.76. The highest BCUT2D eigenvalue weighted by Gasteiger charge is 2.47. The minimum Gasteiger partial charge on any atom is -0.299 e. The maximum Gasteiger partial charge on any atom is 0.249 e. The summed E-state index contributed by atoms with van der Waals surface area (Å²) >= 11 is 1.65. The van der Waals surface area contributed by atoms with Gasteiger partial charge in [0.05, 0.1) is 16.9 Å². The Labute approximate surface area is 202 Å². The standard InChI is InChI=1S/C25H33F3N4OS/c1-31-23(26)18(14-29-31)11-20(33)10-17-4-2-16(3-5-17)6-8-32-9-7-22-21(15-32)30-24(34-22)19-12-25(27,28)13-19/h14,16-17,19H,2-13,15H2,1H3. The van der Waals surface area contributed by atoms with Gasteiger partial charge in [0, 0.05) is 62.2 Å². The maximum atomic E-state index is 13.9. The normalized spacial score (nSPS) is 25.2. The average molecular weight is 495 g/mol. The zero-order chi connectivity index (χ0) is 23.9. The van der Waals surface area contributed by atoms with Gasteiger partial charge in [0.2, 0.25) is 11.9 Å². The zero-order valence-corrected chi connectivity index (χ0v) is 20.6. The Bertz CT molecular complexity index is 1020. The minimum atomic E-state index is -2.49. The second-order valence-corrected chi connectivity index (χ2v) is 11.7. The molecule has 0 saturated heterocycles. The summed E-state index contributed by atoms with van der Waals surface area (Å²) in [5, 5.41) is 4.79. The van der Waals surface area contributed by atoms with E-state index in [1.54, 1.807) is 18.4 Å². The van der Waals surface area contributed by atoms with Crippen molar-refractivity contribution < 1.29 is 18.0 Å². The molecule has 0 aromatic carbocycles. The Morgan fingerprint density at radius 1 is 1.21 bits per heavy atom. The van der Waals surface area contributed by atoms with Gasteiger partial charge in [-0.25, -0.2) is 18.4 Å². The molecule has 0 spiro atoms. The molecular weight excluding hydrogens is 461 g/mol. The van der Waals surface area contributed by atoms with Crippen LogP contribution in [0.25, 0.3) is 0 Å². The predicted molar refractivity (Wildman–Crippen MR) is 125 cm³/mol. The summed E-state index contributed by atoms with van der Waals surface area (Å²) in [5.41, 5.74) is 1.50. The highest BCUT2D eigenvalue weighted by molar-refractivity contribution is 7.11. The number of thiazole rings is 1. The number of aromatic nitrogens is 3. The molecule has 1 aliphatic heterocycles. The molecule has 2 fully saturated rings. The van der Waals surface area contributed by atoms with Crippen molar-refractivity contribution >= 4 is 17.1 Å². The van der Waals surface area contributed by atoms with E-state index in [4.69, 9.17) is 4.98 Å². The van der Waals surface area contributed by atoms with Gasteiger partial charge in [-0.05, 0) is 44.1 Å². The number of nitrogens with zero attached hydrogens (tertiary/aromatic N) is 4. The van der Waals surface area contributed by atoms with Crippen LogP contribution in [0.3, 0.4) is 0 Å². The molecule has 0 bridgehead atoms. The summed E-state index contributed by atoms with van der Waals surface area (Å²) in [6.07, 6.45) is 8.60. The van der Waals surface area contributed by atoms with Crippen LogP contribution in [0.2, 0.25) is 0 Å². The van der Waals surface area contributed by atoms with Gasteiger partial charge in [0.25, 0.3) is 0 Å². The van der Waals surface area contributed by atoms with Crippen molar-refractivity contribution in [3.05, 3.63) is 33.3 Å². The van der Waals surface area contributed by atoms with Gasteiger partial charge in [-0.15, -0.1) is 11.3 Å². The predicted octanol–water partition coefficient (Wildman–Crippen LogP) is 5.28. The fourth-order valence-electron chi connectivity index (χ4n) is 5.76. The van der Waals surface area contributed by atoms with Crippen molar-refractivity contribution in [2.45, 2.75) is 82.6 Å². The van der Waals surface area contributed by atoms with Crippen molar-refractivity contribution in [2.75, 3.05) is 13.1 Å². The number of halogens is 3. The second kappa shape index (κ2) is 9.72. The molecule has 0 atom stereocenters. The van der Waals surface area contributed by atoms with Crippen molar-refractivity contribution in [3.63, 3.8) is 0 Å². The molecule has 0 amide bonds. The minimum absolute atomic E-state index is 0.0439. The van der Waals surface area contributed by atoms with E-state index in [-0.39, 0.29) is 31.0 Å². The van der Waals surface area contributed by atoms with Crippen LogP contribution in [0.4, 0.5) is 13.2 Å².